The molecular formula is C6H13NO4. The van der Waals surface area contributed by atoms with Crippen LogP contribution in [0.4, 0.5) is 0 Å². The standard InChI is InChI=1S/C6H13NO4/c1-6(10,3-7)4(8)5(9)11-2/h4,8,10H,3,7H2,1-2H3/t4-,6+/m1/s1. The summed E-state index contributed by atoms with van der Waals surface area (Å²) in [7, 11) is 1.12. The first-order valence-corrected chi connectivity index (χ1v) is 3.14. The maximum atomic E-state index is 10.6. The lowest BCUT2D eigenvalue weighted by molar-refractivity contribution is -0.163. The normalized spacial score (nSPS) is 18.6. The second-order valence-electron chi connectivity index (χ2n) is 2.49. The minimum absolute atomic E-state index is 0.205. The Labute approximate surface area is 64.8 Å². The number of aliphatic hydroxyl groups excluding tert-OH is 1. The molecule has 0 saturated carbocycles. The van der Waals surface area contributed by atoms with Gasteiger partial charge in [0.25, 0.3) is 0 Å². The summed E-state index contributed by atoms with van der Waals surface area (Å²) in [4.78, 5) is 10.6. The minimum Gasteiger partial charge on any atom is -0.467 e. The first-order valence-electron chi connectivity index (χ1n) is 3.14. The lowest BCUT2D eigenvalue weighted by Gasteiger charge is -2.24. The number of methoxy groups -OCH3 is 1. The van der Waals surface area contributed by atoms with Crippen LogP contribution >= 0.6 is 0 Å². The number of carbonyl (C=O) groups is 1. The van der Waals surface area contributed by atoms with Crippen molar-refractivity contribution in [2.75, 3.05) is 13.7 Å². The highest BCUT2D eigenvalue weighted by Gasteiger charge is 2.35. The van der Waals surface area contributed by atoms with Crippen LogP contribution in [-0.4, -0.2) is 41.5 Å². The van der Waals surface area contributed by atoms with E-state index in [1.165, 1.54) is 6.92 Å². The zero-order valence-electron chi connectivity index (χ0n) is 6.57. The van der Waals surface area contributed by atoms with E-state index >= 15 is 0 Å². The molecule has 0 aromatic carbocycles. The Balaban J connectivity index is 4.22. The van der Waals surface area contributed by atoms with Crippen LogP contribution in [0.2, 0.25) is 0 Å². The number of aliphatic hydroxyl groups is 2. The molecule has 0 aliphatic rings. The van der Waals surface area contributed by atoms with Crippen molar-refractivity contribution in [2.45, 2.75) is 18.6 Å². The fraction of sp³-hybridized carbons (Fsp3) is 0.833. The fourth-order valence-electron chi connectivity index (χ4n) is 0.477. The van der Waals surface area contributed by atoms with Crippen LogP contribution in [0.1, 0.15) is 6.92 Å². The van der Waals surface area contributed by atoms with Gasteiger partial charge in [-0.25, -0.2) is 4.79 Å². The van der Waals surface area contributed by atoms with Gasteiger partial charge in [0, 0.05) is 6.54 Å². The molecular weight excluding hydrogens is 150 g/mol. The summed E-state index contributed by atoms with van der Waals surface area (Å²) in [6.45, 7) is 1.05. The Morgan fingerprint density at radius 3 is 2.55 bits per heavy atom. The molecule has 0 spiro atoms. The Morgan fingerprint density at radius 2 is 2.27 bits per heavy atom. The molecule has 5 heteroatoms. The van der Waals surface area contributed by atoms with Crippen LogP contribution in [0.25, 0.3) is 0 Å². The highest BCUT2D eigenvalue weighted by atomic mass is 16.5. The van der Waals surface area contributed by atoms with Gasteiger partial charge in [-0.1, -0.05) is 0 Å². The number of rotatable bonds is 3. The molecule has 0 amide bonds. The summed E-state index contributed by atoms with van der Waals surface area (Å²) in [6, 6.07) is 0. The monoisotopic (exact) mass is 163 g/mol. The molecule has 0 fully saturated rings. The average molecular weight is 163 g/mol. The van der Waals surface area contributed by atoms with Gasteiger partial charge in [0.15, 0.2) is 6.10 Å². The second-order valence-corrected chi connectivity index (χ2v) is 2.49. The Bertz CT molecular complexity index is 146. The third-order valence-corrected chi connectivity index (χ3v) is 1.43. The third-order valence-electron chi connectivity index (χ3n) is 1.43. The van der Waals surface area contributed by atoms with Crippen molar-refractivity contribution in [3.63, 3.8) is 0 Å². The molecule has 0 bridgehead atoms. The minimum atomic E-state index is -1.62. The molecule has 2 atom stereocenters. The lowest BCUT2D eigenvalue weighted by atomic mass is 10.00. The average Bonchev–Trinajstić information content (AvgIpc) is 2.01. The number of carbonyl (C=O) groups excluding carboxylic acids is 1. The summed E-state index contributed by atoms with van der Waals surface area (Å²) in [5.74, 6) is -0.888. The van der Waals surface area contributed by atoms with Gasteiger partial charge in [-0.05, 0) is 6.92 Å². The van der Waals surface area contributed by atoms with E-state index in [0.29, 0.717) is 0 Å². The van der Waals surface area contributed by atoms with E-state index in [1.54, 1.807) is 0 Å². The number of hydrogen-bond donors (Lipinski definition) is 3. The summed E-state index contributed by atoms with van der Waals surface area (Å²) < 4.78 is 4.20. The van der Waals surface area contributed by atoms with E-state index in [2.05, 4.69) is 4.74 Å². The number of hydrogen-bond acceptors (Lipinski definition) is 5. The smallest absolute Gasteiger partial charge is 0.337 e. The van der Waals surface area contributed by atoms with E-state index in [1.807, 2.05) is 0 Å². The van der Waals surface area contributed by atoms with Gasteiger partial charge >= 0.3 is 5.97 Å². The Morgan fingerprint density at radius 1 is 1.82 bits per heavy atom. The van der Waals surface area contributed by atoms with E-state index in [4.69, 9.17) is 10.8 Å². The molecule has 0 radical (unpaired) electrons. The topological polar surface area (TPSA) is 92.8 Å². The van der Waals surface area contributed by atoms with Gasteiger partial charge < -0.3 is 20.7 Å². The van der Waals surface area contributed by atoms with Crippen molar-refractivity contribution in [1.29, 1.82) is 0 Å². The van der Waals surface area contributed by atoms with Crippen LogP contribution in [0.15, 0.2) is 0 Å². The summed E-state index contributed by atoms with van der Waals surface area (Å²) in [5.41, 5.74) is 3.46. The van der Waals surface area contributed by atoms with Crippen LogP contribution in [-0.2, 0) is 9.53 Å². The van der Waals surface area contributed by atoms with E-state index in [9.17, 15) is 9.90 Å². The largest absolute Gasteiger partial charge is 0.467 e. The van der Waals surface area contributed by atoms with Gasteiger partial charge in [-0.15, -0.1) is 0 Å². The highest BCUT2D eigenvalue weighted by Crippen LogP contribution is 2.08. The van der Waals surface area contributed by atoms with Gasteiger partial charge in [0.05, 0.1) is 7.11 Å². The van der Waals surface area contributed by atoms with Crippen molar-refractivity contribution in [1.82, 2.24) is 0 Å². The summed E-state index contributed by atoms with van der Waals surface area (Å²) in [5, 5.41) is 18.3. The number of esters is 1. The first-order chi connectivity index (χ1) is 4.95. The fourth-order valence-corrected chi connectivity index (χ4v) is 0.477. The molecule has 0 aliphatic carbocycles. The van der Waals surface area contributed by atoms with E-state index in [0.717, 1.165) is 7.11 Å². The number of nitrogens with two attached hydrogens (primary N) is 1. The van der Waals surface area contributed by atoms with E-state index in [-0.39, 0.29) is 6.54 Å². The van der Waals surface area contributed by atoms with E-state index < -0.39 is 17.7 Å². The van der Waals surface area contributed by atoms with Crippen LogP contribution in [0.3, 0.4) is 0 Å². The zero-order chi connectivity index (χ0) is 9.07. The second kappa shape index (κ2) is 3.66. The van der Waals surface area contributed by atoms with Crippen molar-refractivity contribution >= 4 is 5.97 Å². The molecule has 0 aromatic rings. The van der Waals surface area contributed by atoms with Crippen LogP contribution in [0, 0.1) is 0 Å². The first kappa shape index (κ1) is 10.3. The van der Waals surface area contributed by atoms with Crippen LogP contribution in [0.5, 0.6) is 0 Å². The third kappa shape index (κ3) is 2.45. The molecule has 5 nitrogen and oxygen atoms in total. The SMILES string of the molecule is COC(=O)[C@@H](O)[C@@](C)(O)CN. The Kier molecular flexibility index (Phi) is 3.44. The van der Waals surface area contributed by atoms with Gasteiger partial charge in [0.1, 0.15) is 5.60 Å². The summed E-state index contributed by atoms with van der Waals surface area (Å²) >= 11 is 0. The molecule has 66 valence electrons. The zero-order valence-corrected chi connectivity index (χ0v) is 6.57. The van der Waals surface area contributed by atoms with Crippen LogP contribution < -0.4 is 5.73 Å². The molecule has 0 aliphatic heterocycles. The van der Waals surface area contributed by atoms with Gasteiger partial charge in [-0.3, -0.25) is 0 Å². The quantitative estimate of drug-likeness (QED) is 0.428. The van der Waals surface area contributed by atoms with Gasteiger partial charge in [0.2, 0.25) is 0 Å². The highest BCUT2D eigenvalue weighted by molar-refractivity contribution is 5.75. The predicted molar refractivity (Wildman–Crippen MR) is 37.7 cm³/mol. The van der Waals surface area contributed by atoms with Gasteiger partial charge in [-0.2, -0.15) is 0 Å². The van der Waals surface area contributed by atoms with Crippen molar-refractivity contribution < 1.29 is 19.7 Å². The Hall–Kier alpha value is -0.650. The molecule has 0 rings (SSSR count). The maximum Gasteiger partial charge on any atom is 0.337 e. The molecule has 0 heterocycles. The van der Waals surface area contributed by atoms with Crippen molar-refractivity contribution in [2.24, 2.45) is 5.73 Å². The molecule has 0 unspecified atom stereocenters. The predicted octanol–water partition coefficient (Wildman–Crippen LogP) is -1.77. The molecule has 0 aromatic heterocycles. The molecule has 11 heavy (non-hydrogen) atoms. The number of ether oxygens (including phenoxy) is 1. The van der Waals surface area contributed by atoms with Crippen molar-refractivity contribution in [3.8, 4) is 0 Å². The molecule has 0 saturated heterocycles. The summed E-state index contributed by atoms with van der Waals surface area (Å²) in [6.07, 6.45) is -1.59. The maximum absolute atomic E-state index is 10.6. The molecule has 4 N–H and O–H groups in total. The lowest BCUT2D eigenvalue weighted by Crippen LogP contribution is -2.50. The van der Waals surface area contributed by atoms with Crippen molar-refractivity contribution in [3.05, 3.63) is 0 Å².